The third kappa shape index (κ3) is 6.87. The van der Waals surface area contributed by atoms with Gasteiger partial charge in [-0.2, -0.15) is 0 Å². The van der Waals surface area contributed by atoms with Crippen molar-refractivity contribution in [3.8, 4) is 0 Å². The molecule has 2 atom stereocenters. The number of hydrogen-bond acceptors (Lipinski definition) is 2. The van der Waals surface area contributed by atoms with Gasteiger partial charge in [0, 0.05) is 12.5 Å². The molecule has 0 bridgehead atoms. The van der Waals surface area contributed by atoms with Gasteiger partial charge in [-0.05, 0) is 50.6 Å². The standard InChI is InChI=1S/C18H34N2O.ClH/c1-2-7-17(12-15-8-4-3-5-9-15)18(21)20-14-16-10-6-11-19-13-16;/h15-17,19H,2-14H2,1H3,(H,20,21);1H. The molecule has 2 N–H and O–H groups in total. The molecule has 2 fully saturated rings. The Balaban J connectivity index is 0.00000242. The first-order valence-electron chi connectivity index (χ1n) is 9.28. The molecule has 0 aromatic rings. The maximum Gasteiger partial charge on any atom is 0.223 e. The summed E-state index contributed by atoms with van der Waals surface area (Å²) in [6, 6.07) is 0. The topological polar surface area (TPSA) is 41.1 Å². The van der Waals surface area contributed by atoms with Crippen LogP contribution in [0.25, 0.3) is 0 Å². The highest BCUT2D eigenvalue weighted by Crippen LogP contribution is 2.30. The lowest BCUT2D eigenvalue weighted by atomic mass is 9.81. The minimum atomic E-state index is 0. The monoisotopic (exact) mass is 330 g/mol. The molecule has 0 spiro atoms. The van der Waals surface area contributed by atoms with Crippen molar-refractivity contribution in [2.75, 3.05) is 19.6 Å². The van der Waals surface area contributed by atoms with E-state index in [-0.39, 0.29) is 18.3 Å². The zero-order chi connectivity index (χ0) is 14.9. The second kappa shape index (κ2) is 11.3. The van der Waals surface area contributed by atoms with E-state index in [2.05, 4.69) is 17.6 Å². The van der Waals surface area contributed by atoms with Gasteiger partial charge in [0.1, 0.15) is 0 Å². The smallest absolute Gasteiger partial charge is 0.223 e. The number of hydrogen-bond donors (Lipinski definition) is 2. The highest BCUT2D eigenvalue weighted by atomic mass is 35.5. The van der Waals surface area contributed by atoms with Gasteiger partial charge in [-0.1, -0.05) is 45.4 Å². The largest absolute Gasteiger partial charge is 0.356 e. The van der Waals surface area contributed by atoms with E-state index in [4.69, 9.17) is 0 Å². The van der Waals surface area contributed by atoms with Crippen molar-refractivity contribution in [3.05, 3.63) is 0 Å². The van der Waals surface area contributed by atoms with E-state index in [0.29, 0.717) is 11.8 Å². The van der Waals surface area contributed by atoms with Crippen LogP contribution >= 0.6 is 12.4 Å². The molecule has 130 valence electrons. The van der Waals surface area contributed by atoms with Gasteiger partial charge in [-0.15, -0.1) is 12.4 Å². The molecule has 1 heterocycles. The van der Waals surface area contributed by atoms with Crippen LogP contribution in [0, 0.1) is 17.8 Å². The molecule has 2 unspecified atom stereocenters. The first-order valence-corrected chi connectivity index (χ1v) is 9.28. The van der Waals surface area contributed by atoms with E-state index in [1.165, 1.54) is 44.9 Å². The third-order valence-electron chi connectivity index (χ3n) is 5.31. The molecule has 1 saturated heterocycles. The fraction of sp³-hybridized carbons (Fsp3) is 0.944. The highest BCUT2D eigenvalue weighted by molar-refractivity contribution is 5.85. The molecule has 4 heteroatoms. The van der Waals surface area contributed by atoms with Gasteiger partial charge in [0.15, 0.2) is 0 Å². The quantitative estimate of drug-likeness (QED) is 0.743. The van der Waals surface area contributed by atoms with Gasteiger partial charge in [-0.25, -0.2) is 0 Å². The summed E-state index contributed by atoms with van der Waals surface area (Å²) in [4.78, 5) is 12.5. The van der Waals surface area contributed by atoms with Gasteiger partial charge < -0.3 is 10.6 Å². The van der Waals surface area contributed by atoms with Gasteiger partial charge in [0.25, 0.3) is 0 Å². The summed E-state index contributed by atoms with van der Waals surface area (Å²) in [5.41, 5.74) is 0. The van der Waals surface area contributed by atoms with Gasteiger partial charge in [-0.3, -0.25) is 4.79 Å². The lowest BCUT2D eigenvalue weighted by Crippen LogP contribution is -2.40. The van der Waals surface area contributed by atoms with E-state index < -0.39 is 0 Å². The van der Waals surface area contributed by atoms with Gasteiger partial charge in [0.05, 0.1) is 0 Å². The van der Waals surface area contributed by atoms with Crippen molar-refractivity contribution in [2.45, 2.75) is 71.1 Å². The lowest BCUT2D eigenvalue weighted by molar-refractivity contribution is -0.126. The second-order valence-electron chi connectivity index (χ2n) is 7.18. The summed E-state index contributed by atoms with van der Waals surface area (Å²) < 4.78 is 0. The summed E-state index contributed by atoms with van der Waals surface area (Å²) in [5, 5.41) is 6.68. The number of carbonyl (C=O) groups is 1. The second-order valence-corrected chi connectivity index (χ2v) is 7.18. The van der Waals surface area contributed by atoms with Gasteiger partial charge >= 0.3 is 0 Å². The minimum Gasteiger partial charge on any atom is -0.356 e. The summed E-state index contributed by atoms with van der Waals surface area (Å²) >= 11 is 0. The van der Waals surface area contributed by atoms with Crippen LogP contribution in [0.1, 0.15) is 71.1 Å². The predicted octanol–water partition coefficient (Wildman–Crippen LogP) is 3.91. The van der Waals surface area contributed by atoms with Crippen molar-refractivity contribution < 1.29 is 4.79 Å². The molecule has 1 aliphatic heterocycles. The molecule has 22 heavy (non-hydrogen) atoms. The van der Waals surface area contributed by atoms with Crippen LogP contribution in [-0.2, 0) is 4.79 Å². The number of halogens is 1. The maximum atomic E-state index is 12.5. The number of rotatable bonds is 7. The SMILES string of the molecule is CCCC(CC1CCCCC1)C(=O)NCC1CCCNC1.Cl. The number of carbonyl (C=O) groups excluding carboxylic acids is 1. The van der Waals surface area contributed by atoms with E-state index in [9.17, 15) is 4.79 Å². The zero-order valence-electron chi connectivity index (χ0n) is 14.2. The Morgan fingerprint density at radius 2 is 1.86 bits per heavy atom. The minimum absolute atomic E-state index is 0. The van der Waals surface area contributed by atoms with Crippen LogP contribution < -0.4 is 10.6 Å². The molecular weight excluding hydrogens is 296 g/mol. The molecule has 1 amide bonds. The summed E-state index contributed by atoms with van der Waals surface area (Å²) in [5.74, 6) is 2.03. The van der Waals surface area contributed by atoms with E-state index >= 15 is 0 Å². The van der Waals surface area contributed by atoms with Crippen LogP contribution in [0.3, 0.4) is 0 Å². The van der Waals surface area contributed by atoms with Crippen LogP contribution in [0.5, 0.6) is 0 Å². The van der Waals surface area contributed by atoms with Crippen LogP contribution in [-0.4, -0.2) is 25.5 Å². The molecule has 2 rings (SSSR count). The number of nitrogens with one attached hydrogen (secondary N) is 2. The Bertz CT molecular complexity index is 299. The van der Waals surface area contributed by atoms with Crippen LogP contribution in [0.2, 0.25) is 0 Å². The maximum absolute atomic E-state index is 12.5. The normalized spacial score (nSPS) is 24.3. The van der Waals surface area contributed by atoms with Crippen molar-refractivity contribution in [3.63, 3.8) is 0 Å². The Kier molecular flexibility index (Phi) is 10.1. The molecule has 2 aliphatic rings. The summed E-state index contributed by atoms with van der Waals surface area (Å²) in [7, 11) is 0. The molecule has 3 nitrogen and oxygen atoms in total. The Morgan fingerprint density at radius 3 is 2.50 bits per heavy atom. The molecule has 0 aromatic carbocycles. The molecule has 1 aliphatic carbocycles. The average molecular weight is 331 g/mol. The Hall–Kier alpha value is -0.280. The first-order chi connectivity index (χ1) is 10.3. The van der Waals surface area contributed by atoms with Crippen LogP contribution in [0.4, 0.5) is 0 Å². The summed E-state index contributed by atoms with van der Waals surface area (Å²) in [6.45, 7) is 5.29. The number of amides is 1. The fourth-order valence-corrected chi connectivity index (χ4v) is 4.02. The Morgan fingerprint density at radius 1 is 1.14 bits per heavy atom. The average Bonchev–Trinajstić information content (AvgIpc) is 2.54. The Labute approximate surface area is 142 Å². The van der Waals surface area contributed by atoms with Crippen molar-refractivity contribution in [1.29, 1.82) is 0 Å². The predicted molar refractivity (Wildman–Crippen MR) is 95.4 cm³/mol. The number of piperidine rings is 1. The third-order valence-corrected chi connectivity index (χ3v) is 5.31. The van der Waals surface area contributed by atoms with Gasteiger partial charge in [0.2, 0.25) is 5.91 Å². The molecular formula is C18H35ClN2O. The van der Waals surface area contributed by atoms with E-state index in [1.807, 2.05) is 0 Å². The first kappa shape index (κ1) is 19.8. The zero-order valence-corrected chi connectivity index (χ0v) is 15.1. The van der Waals surface area contributed by atoms with Crippen molar-refractivity contribution >= 4 is 18.3 Å². The lowest BCUT2D eigenvalue weighted by Gasteiger charge is -2.27. The van der Waals surface area contributed by atoms with E-state index in [1.54, 1.807) is 0 Å². The van der Waals surface area contributed by atoms with Crippen LogP contribution in [0.15, 0.2) is 0 Å². The summed E-state index contributed by atoms with van der Waals surface area (Å²) in [6.07, 6.45) is 12.7. The molecule has 1 saturated carbocycles. The molecule has 0 aromatic heterocycles. The highest BCUT2D eigenvalue weighted by Gasteiger charge is 2.24. The van der Waals surface area contributed by atoms with Crippen molar-refractivity contribution in [2.24, 2.45) is 17.8 Å². The fourth-order valence-electron chi connectivity index (χ4n) is 4.02. The molecule has 0 radical (unpaired) electrons. The van der Waals surface area contributed by atoms with Crippen molar-refractivity contribution in [1.82, 2.24) is 10.6 Å². The van der Waals surface area contributed by atoms with E-state index in [0.717, 1.165) is 44.8 Å².